The van der Waals surface area contributed by atoms with Gasteiger partial charge in [-0.15, -0.1) is 0 Å². The van der Waals surface area contributed by atoms with Crippen molar-refractivity contribution in [3.63, 3.8) is 0 Å². The fourth-order valence-corrected chi connectivity index (χ4v) is 2.77. The summed E-state index contributed by atoms with van der Waals surface area (Å²) < 4.78 is 5.60. The van der Waals surface area contributed by atoms with E-state index in [-0.39, 0.29) is 5.54 Å². The third-order valence-corrected chi connectivity index (χ3v) is 3.63. The van der Waals surface area contributed by atoms with Crippen LogP contribution in [0.2, 0.25) is 0 Å². The van der Waals surface area contributed by atoms with Gasteiger partial charge in [-0.2, -0.15) is 0 Å². The molecule has 1 fully saturated rings. The van der Waals surface area contributed by atoms with Crippen LogP contribution in [0.25, 0.3) is 0 Å². The van der Waals surface area contributed by atoms with E-state index in [4.69, 9.17) is 4.74 Å². The Labute approximate surface area is 104 Å². The van der Waals surface area contributed by atoms with Crippen molar-refractivity contribution in [1.29, 1.82) is 0 Å². The molecule has 2 rings (SSSR count). The summed E-state index contributed by atoms with van der Waals surface area (Å²) in [5.74, 6) is 0. The third kappa shape index (κ3) is 2.88. The van der Waals surface area contributed by atoms with Gasteiger partial charge in [0.1, 0.15) is 0 Å². The number of benzene rings is 1. The van der Waals surface area contributed by atoms with Gasteiger partial charge in [0, 0.05) is 12.1 Å². The summed E-state index contributed by atoms with van der Waals surface area (Å²) in [6.45, 7) is 11.4. The van der Waals surface area contributed by atoms with E-state index in [1.807, 2.05) is 0 Å². The predicted molar refractivity (Wildman–Crippen MR) is 71.6 cm³/mol. The lowest BCUT2D eigenvalue weighted by molar-refractivity contribution is 0.0354. The summed E-state index contributed by atoms with van der Waals surface area (Å²) in [5, 5.41) is 3.59. The molecule has 1 unspecified atom stereocenters. The summed E-state index contributed by atoms with van der Waals surface area (Å²) in [4.78, 5) is 0. The lowest BCUT2D eigenvalue weighted by Crippen LogP contribution is -2.53. The number of rotatable bonds is 2. The number of ether oxygens (including phenoxy) is 1. The highest BCUT2D eigenvalue weighted by Gasteiger charge is 2.28. The fraction of sp³-hybridized carbons (Fsp3) is 0.600. The van der Waals surface area contributed by atoms with Crippen molar-refractivity contribution >= 4 is 0 Å². The number of hydrogen-bond acceptors (Lipinski definition) is 2. The Morgan fingerprint density at radius 1 is 1.24 bits per heavy atom. The molecule has 2 heteroatoms. The van der Waals surface area contributed by atoms with Crippen molar-refractivity contribution < 1.29 is 4.74 Å². The minimum absolute atomic E-state index is 0.0863. The maximum Gasteiger partial charge on any atom is 0.0649 e. The maximum absolute atomic E-state index is 5.60. The van der Waals surface area contributed by atoms with E-state index < -0.39 is 0 Å². The van der Waals surface area contributed by atoms with Crippen LogP contribution in [0, 0.1) is 20.8 Å². The van der Waals surface area contributed by atoms with Gasteiger partial charge >= 0.3 is 0 Å². The van der Waals surface area contributed by atoms with Crippen molar-refractivity contribution in [3.8, 4) is 0 Å². The van der Waals surface area contributed by atoms with Gasteiger partial charge in [-0.05, 0) is 50.8 Å². The van der Waals surface area contributed by atoms with Crippen molar-refractivity contribution in [2.45, 2.75) is 39.7 Å². The molecule has 0 bridgehead atoms. The minimum atomic E-state index is 0.0863. The molecule has 1 aliphatic heterocycles. The second kappa shape index (κ2) is 4.79. The largest absolute Gasteiger partial charge is 0.378 e. The van der Waals surface area contributed by atoms with E-state index in [1.54, 1.807) is 0 Å². The topological polar surface area (TPSA) is 21.3 Å². The second-order valence-corrected chi connectivity index (χ2v) is 5.59. The lowest BCUT2D eigenvalue weighted by Gasteiger charge is -2.35. The van der Waals surface area contributed by atoms with Crippen LogP contribution in [0.3, 0.4) is 0 Å². The Morgan fingerprint density at radius 3 is 2.41 bits per heavy atom. The zero-order valence-electron chi connectivity index (χ0n) is 11.4. The molecular formula is C15H23NO. The van der Waals surface area contributed by atoms with Crippen LogP contribution in [0.1, 0.15) is 29.2 Å². The van der Waals surface area contributed by atoms with E-state index >= 15 is 0 Å². The molecule has 1 aliphatic rings. The molecule has 0 spiro atoms. The normalized spacial score (nSPS) is 24.9. The third-order valence-electron chi connectivity index (χ3n) is 3.63. The molecule has 0 aromatic heterocycles. The Kier molecular flexibility index (Phi) is 3.55. The first kappa shape index (κ1) is 12.6. The monoisotopic (exact) mass is 233 g/mol. The second-order valence-electron chi connectivity index (χ2n) is 5.59. The van der Waals surface area contributed by atoms with Gasteiger partial charge < -0.3 is 10.1 Å². The summed E-state index contributed by atoms with van der Waals surface area (Å²) in [6, 6.07) is 4.55. The van der Waals surface area contributed by atoms with Gasteiger partial charge in [0.15, 0.2) is 0 Å². The van der Waals surface area contributed by atoms with Crippen molar-refractivity contribution in [2.75, 3.05) is 19.8 Å². The fourth-order valence-electron chi connectivity index (χ4n) is 2.77. The molecule has 1 saturated heterocycles. The molecule has 0 aliphatic carbocycles. The van der Waals surface area contributed by atoms with Crippen LogP contribution >= 0.6 is 0 Å². The average Bonchev–Trinajstić information content (AvgIpc) is 2.24. The SMILES string of the molecule is Cc1cc(C)c(CC2(C)COCCN2)c(C)c1. The van der Waals surface area contributed by atoms with Crippen LogP contribution < -0.4 is 5.32 Å². The maximum atomic E-state index is 5.60. The van der Waals surface area contributed by atoms with Crippen LogP contribution in [0.5, 0.6) is 0 Å². The van der Waals surface area contributed by atoms with Crippen LogP contribution in [-0.2, 0) is 11.2 Å². The standard InChI is InChI=1S/C15H23NO/c1-11-7-12(2)14(13(3)8-11)9-15(4)10-17-6-5-16-15/h7-8,16H,5-6,9-10H2,1-4H3. The number of aryl methyl sites for hydroxylation is 3. The van der Waals surface area contributed by atoms with E-state index in [2.05, 4.69) is 45.1 Å². The van der Waals surface area contributed by atoms with Gasteiger partial charge in [-0.25, -0.2) is 0 Å². The summed E-state index contributed by atoms with van der Waals surface area (Å²) in [5.41, 5.74) is 5.70. The molecule has 0 radical (unpaired) electrons. The Bertz CT molecular complexity index is 382. The molecule has 94 valence electrons. The van der Waals surface area contributed by atoms with E-state index in [9.17, 15) is 0 Å². The Morgan fingerprint density at radius 2 is 1.88 bits per heavy atom. The first-order valence-corrected chi connectivity index (χ1v) is 6.40. The highest BCUT2D eigenvalue weighted by Crippen LogP contribution is 2.23. The lowest BCUT2D eigenvalue weighted by atomic mass is 9.87. The molecule has 1 heterocycles. The van der Waals surface area contributed by atoms with Gasteiger partial charge in [-0.3, -0.25) is 0 Å². The zero-order valence-corrected chi connectivity index (χ0v) is 11.4. The number of hydrogen-bond donors (Lipinski definition) is 1. The molecule has 0 saturated carbocycles. The Hall–Kier alpha value is -0.860. The molecule has 0 amide bonds. The average molecular weight is 233 g/mol. The molecule has 17 heavy (non-hydrogen) atoms. The van der Waals surface area contributed by atoms with E-state index in [0.29, 0.717) is 0 Å². The molecule has 1 N–H and O–H groups in total. The summed E-state index contributed by atoms with van der Waals surface area (Å²) in [7, 11) is 0. The van der Waals surface area contributed by atoms with Crippen molar-refractivity contribution in [3.05, 3.63) is 34.4 Å². The van der Waals surface area contributed by atoms with Gasteiger partial charge in [0.2, 0.25) is 0 Å². The van der Waals surface area contributed by atoms with Crippen LogP contribution in [0.4, 0.5) is 0 Å². The molecule has 1 atom stereocenters. The van der Waals surface area contributed by atoms with Crippen LogP contribution in [0.15, 0.2) is 12.1 Å². The molecule has 1 aromatic carbocycles. The number of nitrogens with one attached hydrogen (secondary N) is 1. The highest BCUT2D eigenvalue weighted by molar-refractivity contribution is 5.38. The molecule has 1 aromatic rings. The Balaban J connectivity index is 2.23. The summed E-state index contributed by atoms with van der Waals surface area (Å²) >= 11 is 0. The van der Waals surface area contributed by atoms with Crippen molar-refractivity contribution in [2.24, 2.45) is 0 Å². The van der Waals surface area contributed by atoms with Gasteiger partial charge in [-0.1, -0.05) is 17.7 Å². The first-order valence-electron chi connectivity index (χ1n) is 6.40. The van der Waals surface area contributed by atoms with E-state index in [1.165, 1.54) is 22.3 Å². The predicted octanol–water partition coefficient (Wildman–Crippen LogP) is 2.53. The minimum Gasteiger partial charge on any atom is -0.378 e. The summed E-state index contributed by atoms with van der Waals surface area (Å²) in [6.07, 6.45) is 1.05. The molecule has 2 nitrogen and oxygen atoms in total. The van der Waals surface area contributed by atoms with Crippen LogP contribution in [-0.4, -0.2) is 25.3 Å². The quantitative estimate of drug-likeness (QED) is 0.847. The first-order chi connectivity index (χ1) is 8.00. The number of morpholine rings is 1. The van der Waals surface area contributed by atoms with Crippen molar-refractivity contribution in [1.82, 2.24) is 5.32 Å². The zero-order chi connectivity index (χ0) is 12.5. The van der Waals surface area contributed by atoms with Gasteiger partial charge in [0.25, 0.3) is 0 Å². The smallest absolute Gasteiger partial charge is 0.0649 e. The highest BCUT2D eigenvalue weighted by atomic mass is 16.5. The van der Waals surface area contributed by atoms with Gasteiger partial charge in [0.05, 0.1) is 13.2 Å². The van der Waals surface area contributed by atoms with E-state index in [0.717, 1.165) is 26.2 Å². The molecular weight excluding hydrogens is 210 g/mol.